The van der Waals surface area contributed by atoms with Crippen molar-refractivity contribution < 1.29 is 0 Å². The number of benzene rings is 1. The van der Waals surface area contributed by atoms with Gasteiger partial charge in [-0.2, -0.15) is 0 Å². The van der Waals surface area contributed by atoms with Gasteiger partial charge in [0.1, 0.15) is 0 Å². The molecule has 5 heteroatoms. The summed E-state index contributed by atoms with van der Waals surface area (Å²) in [6.45, 7) is 3.00. The molecule has 1 atom stereocenters. The maximum Gasteiger partial charge on any atom is 0.0702 e. The smallest absolute Gasteiger partial charge is 0.0702 e. The molecule has 0 radical (unpaired) electrons. The van der Waals surface area contributed by atoms with E-state index in [9.17, 15) is 0 Å². The predicted octanol–water partition coefficient (Wildman–Crippen LogP) is 5.63. The minimum atomic E-state index is 0.145. The Hall–Kier alpha value is 0.130. The second-order valence-electron chi connectivity index (χ2n) is 3.80. The Kier molecular flexibility index (Phi) is 5.27. The zero-order valence-corrected chi connectivity index (χ0v) is 14.5. The third-order valence-corrected chi connectivity index (χ3v) is 5.07. The van der Waals surface area contributed by atoms with Gasteiger partial charge < -0.3 is 5.32 Å². The van der Waals surface area contributed by atoms with Gasteiger partial charge in [0.15, 0.2) is 0 Å². The van der Waals surface area contributed by atoms with Crippen molar-refractivity contribution in [2.45, 2.75) is 13.0 Å². The average molecular weight is 410 g/mol. The van der Waals surface area contributed by atoms with Crippen LogP contribution in [0.2, 0.25) is 5.02 Å². The van der Waals surface area contributed by atoms with Crippen molar-refractivity contribution in [2.75, 3.05) is 6.54 Å². The van der Waals surface area contributed by atoms with Gasteiger partial charge in [0.25, 0.3) is 0 Å². The van der Waals surface area contributed by atoms with Crippen LogP contribution in [0.1, 0.15) is 23.4 Å². The third kappa shape index (κ3) is 3.36. The van der Waals surface area contributed by atoms with Gasteiger partial charge in [-0.1, -0.05) is 40.5 Å². The highest BCUT2D eigenvalue weighted by Crippen LogP contribution is 2.35. The molecule has 1 N–H and O–H groups in total. The lowest BCUT2D eigenvalue weighted by molar-refractivity contribution is 0.640. The first-order valence-electron chi connectivity index (χ1n) is 5.55. The summed E-state index contributed by atoms with van der Waals surface area (Å²) in [5.74, 6) is 0. The van der Waals surface area contributed by atoms with Gasteiger partial charge in [-0.3, -0.25) is 0 Å². The van der Waals surface area contributed by atoms with Crippen LogP contribution in [-0.4, -0.2) is 6.54 Å². The van der Waals surface area contributed by atoms with Crippen LogP contribution in [-0.2, 0) is 0 Å². The SMILES string of the molecule is CCNC(c1ccc(Br)s1)c1ccc(Br)cc1Cl. The third-order valence-electron chi connectivity index (χ3n) is 2.56. The minimum absolute atomic E-state index is 0.145. The molecule has 1 unspecified atom stereocenters. The summed E-state index contributed by atoms with van der Waals surface area (Å²) in [7, 11) is 0. The summed E-state index contributed by atoms with van der Waals surface area (Å²) in [6.07, 6.45) is 0. The lowest BCUT2D eigenvalue weighted by Crippen LogP contribution is -2.21. The Balaban J connectivity index is 2.41. The van der Waals surface area contributed by atoms with E-state index in [4.69, 9.17) is 11.6 Å². The number of nitrogens with one attached hydrogen (secondary N) is 1. The van der Waals surface area contributed by atoms with Crippen molar-refractivity contribution in [2.24, 2.45) is 0 Å². The molecule has 0 aliphatic heterocycles. The lowest BCUT2D eigenvalue weighted by Gasteiger charge is -2.18. The fourth-order valence-corrected chi connectivity index (χ4v) is 4.09. The highest BCUT2D eigenvalue weighted by atomic mass is 79.9. The Morgan fingerprint density at radius 3 is 2.61 bits per heavy atom. The van der Waals surface area contributed by atoms with Gasteiger partial charge in [-0.05, 0) is 52.3 Å². The Bertz CT molecular complexity index is 542. The average Bonchev–Trinajstić information content (AvgIpc) is 2.73. The van der Waals surface area contributed by atoms with E-state index in [0.717, 1.165) is 25.4 Å². The summed E-state index contributed by atoms with van der Waals surface area (Å²) >= 11 is 15.0. The molecule has 0 saturated heterocycles. The standard InChI is InChI=1S/C13H12Br2ClNS/c1-2-17-13(11-5-6-12(15)18-11)9-4-3-8(14)7-10(9)16/h3-7,13,17H,2H2,1H3. The first-order chi connectivity index (χ1) is 8.61. The normalized spacial score (nSPS) is 12.7. The van der Waals surface area contributed by atoms with Crippen LogP contribution < -0.4 is 5.32 Å². The van der Waals surface area contributed by atoms with Gasteiger partial charge in [0, 0.05) is 14.4 Å². The molecule has 0 spiro atoms. The molecule has 0 fully saturated rings. The molecular formula is C13H12Br2ClNS. The first kappa shape index (κ1) is 14.5. The highest BCUT2D eigenvalue weighted by Gasteiger charge is 2.17. The molecule has 0 saturated carbocycles. The molecule has 1 aromatic heterocycles. The van der Waals surface area contributed by atoms with Crippen molar-refractivity contribution in [3.05, 3.63) is 54.1 Å². The topological polar surface area (TPSA) is 12.0 Å². The van der Waals surface area contributed by atoms with Crippen LogP contribution in [0.5, 0.6) is 0 Å². The van der Waals surface area contributed by atoms with E-state index in [-0.39, 0.29) is 6.04 Å². The molecule has 0 bridgehead atoms. The van der Waals surface area contributed by atoms with Crippen LogP contribution in [0.3, 0.4) is 0 Å². The lowest BCUT2D eigenvalue weighted by atomic mass is 10.1. The van der Waals surface area contributed by atoms with E-state index < -0.39 is 0 Å². The summed E-state index contributed by atoms with van der Waals surface area (Å²) in [6, 6.07) is 10.4. The Morgan fingerprint density at radius 1 is 1.28 bits per heavy atom. The van der Waals surface area contributed by atoms with Gasteiger partial charge in [-0.15, -0.1) is 11.3 Å². The van der Waals surface area contributed by atoms with E-state index in [1.165, 1.54) is 4.88 Å². The maximum atomic E-state index is 6.34. The molecule has 1 nitrogen and oxygen atoms in total. The molecule has 1 heterocycles. The number of hydrogen-bond donors (Lipinski definition) is 1. The zero-order chi connectivity index (χ0) is 13.1. The van der Waals surface area contributed by atoms with E-state index in [1.54, 1.807) is 11.3 Å². The molecule has 18 heavy (non-hydrogen) atoms. The number of rotatable bonds is 4. The molecule has 2 aromatic rings. The second-order valence-corrected chi connectivity index (χ2v) is 7.62. The molecule has 2 rings (SSSR count). The van der Waals surface area contributed by atoms with Crippen LogP contribution in [0.4, 0.5) is 0 Å². The van der Waals surface area contributed by atoms with Crippen molar-refractivity contribution in [1.29, 1.82) is 0 Å². The molecule has 0 aliphatic rings. The van der Waals surface area contributed by atoms with Crippen molar-refractivity contribution in [1.82, 2.24) is 5.32 Å². The molecule has 0 amide bonds. The summed E-state index contributed by atoms with van der Waals surface area (Å²) in [5, 5.41) is 4.26. The van der Waals surface area contributed by atoms with Gasteiger partial charge >= 0.3 is 0 Å². The van der Waals surface area contributed by atoms with Gasteiger partial charge in [0.2, 0.25) is 0 Å². The van der Waals surface area contributed by atoms with E-state index in [2.05, 4.69) is 62.3 Å². The fourth-order valence-electron chi connectivity index (χ4n) is 1.79. The van der Waals surface area contributed by atoms with Crippen LogP contribution >= 0.6 is 54.8 Å². The van der Waals surface area contributed by atoms with Crippen molar-refractivity contribution in [3.63, 3.8) is 0 Å². The number of thiophene rings is 1. The minimum Gasteiger partial charge on any atom is -0.306 e. The molecular weight excluding hydrogens is 397 g/mol. The maximum absolute atomic E-state index is 6.34. The highest BCUT2D eigenvalue weighted by molar-refractivity contribution is 9.11. The molecule has 96 valence electrons. The molecule has 1 aromatic carbocycles. The van der Waals surface area contributed by atoms with E-state index in [1.807, 2.05) is 12.1 Å². The molecule has 0 aliphatic carbocycles. The Labute approximate surface area is 133 Å². The van der Waals surface area contributed by atoms with Gasteiger partial charge in [0.05, 0.1) is 9.83 Å². The second kappa shape index (κ2) is 6.53. The van der Waals surface area contributed by atoms with Gasteiger partial charge in [-0.25, -0.2) is 0 Å². The quantitative estimate of drug-likeness (QED) is 0.690. The summed E-state index contributed by atoms with van der Waals surface area (Å²) in [4.78, 5) is 1.26. The Morgan fingerprint density at radius 2 is 2.06 bits per heavy atom. The number of hydrogen-bond acceptors (Lipinski definition) is 2. The van der Waals surface area contributed by atoms with Crippen LogP contribution in [0.15, 0.2) is 38.6 Å². The van der Waals surface area contributed by atoms with Crippen molar-refractivity contribution in [3.8, 4) is 0 Å². The monoisotopic (exact) mass is 407 g/mol. The zero-order valence-electron chi connectivity index (χ0n) is 9.71. The van der Waals surface area contributed by atoms with E-state index >= 15 is 0 Å². The summed E-state index contributed by atoms with van der Waals surface area (Å²) < 4.78 is 2.13. The van der Waals surface area contributed by atoms with Crippen molar-refractivity contribution >= 4 is 54.8 Å². The summed E-state index contributed by atoms with van der Waals surface area (Å²) in [5.41, 5.74) is 1.11. The van der Waals surface area contributed by atoms with Crippen LogP contribution in [0, 0.1) is 0 Å². The fraction of sp³-hybridized carbons (Fsp3) is 0.231. The predicted molar refractivity (Wildman–Crippen MR) is 86.7 cm³/mol. The number of halogens is 3. The largest absolute Gasteiger partial charge is 0.306 e. The first-order valence-corrected chi connectivity index (χ1v) is 8.33. The van der Waals surface area contributed by atoms with E-state index in [0.29, 0.717) is 0 Å². The van der Waals surface area contributed by atoms with Crippen LogP contribution in [0.25, 0.3) is 0 Å².